The van der Waals surface area contributed by atoms with Crippen LogP contribution in [0, 0.1) is 0 Å². The van der Waals surface area contributed by atoms with Gasteiger partial charge in [-0.05, 0) is 39.5 Å². The quantitative estimate of drug-likeness (QED) is 0.888. The lowest BCUT2D eigenvalue weighted by Gasteiger charge is -2.39. The van der Waals surface area contributed by atoms with Gasteiger partial charge in [0.15, 0.2) is 0 Å². The molecule has 2 fully saturated rings. The fourth-order valence-electron chi connectivity index (χ4n) is 3.06. The van der Waals surface area contributed by atoms with Gasteiger partial charge in [-0.2, -0.15) is 0 Å². The van der Waals surface area contributed by atoms with Gasteiger partial charge in [0.2, 0.25) is 0 Å². The summed E-state index contributed by atoms with van der Waals surface area (Å²) in [6, 6.07) is 2.01. The number of hydrogen-bond acceptors (Lipinski definition) is 3. The average Bonchev–Trinajstić information content (AvgIpc) is 3.09. The summed E-state index contributed by atoms with van der Waals surface area (Å²) in [5, 5.41) is 2.44. The standard InChI is InChI=1S/C14H24N4/c1-11-4-3-5-12(2)18(11)16-9-14-8-15-10-17(14)13-6-7-13/h8,10-13,16H,3-7,9H2,1-2H3. The number of piperidine rings is 1. The maximum Gasteiger partial charge on any atom is 0.0951 e. The van der Waals surface area contributed by atoms with Gasteiger partial charge in [0.05, 0.1) is 18.6 Å². The van der Waals surface area contributed by atoms with E-state index in [-0.39, 0.29) is 0 Å². The van der Waals surface area contributed by atoms with Crippen molar-refractivity contribution in [3.05, 3.63) is 18.2 Å². The zero-order valence-corrected chi connectivity index (χ0v) is 11.5. The topological polar surface area (TPSA) is 33.1 Å². The second kappa shape index (κ2) is 5.02. The van der Waals surface area contributed by atoms with Gasteiger partial charge >= 0.3 is 0 Å². The van der Waals surface area contributed by atoms with Crippen molar-refractivity contribution in [2.75, 3.05) is 0 Å². The van der Waals surface area contributed by atoms with Crippen molar-refractivity contribution in [1.29, 1.82) is 0 Å². The molecule has 2 atom stereocenters. The first-order valence-corrected chi connectivity index (χ1v) is 7.28. The number of nitrogens with one attached hydrogen (secondary N) is 1. The normalized spacial score (nSPS) is 29.7. The number of hydrogen-bond donors (Lipinski definition) is 1. The summed E-state index contributed by atoms with van der Waals surface area (Å²) in [7, 11) is 0. The van der Waals surface area contributed by atoms with Crippen LogP contribution in [0.1, 0.15) is 57.7 Å². The van der Waals surface area contributed by atoms with Crippen LogP contribution < -0.4 is 5.43 Å². The fraction of sp³-hybridized carbons (Fsp3) is 0.786. The minimum atomic E-state index is 0.644. The number of hydrazine groups is 1. The summed E-state index contributed by atoms with van der Waals surface area (Å²) < 4.78 is 2.34. The molecule has 3 rings (SSSR count). The van der Waals surface area contributed by atoms with Gasteiger partial charge in [-0.1, -0.05) is 6.42 Å². The van der Waals surface area contributed by atoms with E-state index in [2.05, 4.69) is 33.8 Å². The molecule has 1 aromatic rings. The molecule has 1 saturated heterocycles. The molecular weight excluding hydrogens is 224 g/mol. The minimum absolute atomic E-state index is 0.644. The molecule has 4 heteroatoms. The first-order chi connectivity index (χ1) is 8.75. The van der Waals surface area contributed by atoms with Crippen molar-refractivity contribution in [3.8, 4) is 0 Å². The molecule has 4 nitrogen and oxygen atoms in total. The van der Waals surface area contributed by atoms with Crippen LogP contribution in [-0.4, -0.2) is 26.6 Å². The van der Waals surface area contributed by atoms with Gasteiger partial charge in [-0.15, -0.1) is 0 Å². The van der Waals surface area contributed by atoms with E-state index in [1.54, 1.807) is 0 Å². The van der Waals surface area contributed by atoms with Crippen molar-refractivity contribution in [2.45, 2.75) is 70.6 Å². The third-order valence-electron chi connectivity index (χ3n) is 4.32. The Balaban J connectivity index is 1.61. The van der Waals surface area contributed by atoms with E-state index in [1.807, 2.05) is 12.5 Å². The van der Waals surface area contributed by atoms with Gasteiger partial charge in [0.25, 0.3) is 0 Å². The van der Waals surface area contributed by atoms with E-state index in [1.165, 1.54) is 37.8 Å². The SMILES string of the molecule is CC1CCCC(C)N1NCc1cncn1C1CC1. The Morgan fingerprint density at radius 3 is 2.61 bits per heavy atom. The summed E-state index contributed by atoms with van der Waals surface area (Å²) in [5.41, 5.74) is 4.94. The summed E-state index contributed by atoms with van der Waals surface area (Å²) >= 11 is 0. The van der Waals surface area contributed by atoms with Gasteiger partial charge in [0.1, 0.15) is 0 Å². The highest BCUT2D eigenvalue weighted by Gasteiger charge is 2.27. The van der Waals surface area contributed by atoms with E-state index in [9.17, 15) is 0 Å². The van der Waals surface area contributed by atoms with Crippen LogP contribution in [0.5, 0.6) is 0 Å². The molecule has 100 valence electrons. The third kappa shape index (κ3) is 2.45. The molecule has 0 radical (unpaired) electrons. The fourth-order valence-corrected chi connectivity index (χ4v) is 3.06. The molecule has 1 saturated carbocycles. The Morgan fingerprint density at radius 1 is 1.22 bits per heavy atom. The van der Waals surface area contributed by atoms with Crippen LogP contribution in [0.2, 0.25) is 0 Å². The minimum Gasteiger partial charge on any atom is -0.330 e. The van der Waals surface area contributed by atoms with Crippen molar-refractivity contribution < 1.29 is 0 Å². The van der Waals surface area contributed by atoms with Crippen LogP contribution >= 0.6 is 0 Å². The molecule has 1 aliphatic carbocycles. The highest BCUT2D eigenvalue weighted by Crippen LogP contribution is 2.35. The van der Waals surface area contributed by atoms with Gasteiger partial charge < -0.3 is 4.57 Å². The van der Waals surface area contributed by atoms with Crippen LogP contribution in [0.3, 0.4) is 0 Å². The summed E-state index contributed by atoms with van der Waals surface area (Å²) in [4.78, 5) is 4.29. The van der Waals surface area contributed by atoms with E-state index in [0.717, 1.165) is 12.6 Å². The third-order valence-corrected chi connectivity index (χ3v) is 4.32. The maximum atomic E-state index is 4.29. The van der Waals surface area contributed by atoms with Crippen LogP contribution in [-0.2, 0) is 6.54 Å². The molecule has 0 amide bonds. The van der Waals surface area contributed by atoms with E-state index in [0.29, 0.717) is 12.1 Å². The molecule has 0 bridgehead atoms. The first kappa shape index (κ1) is 12.2. The number of aromatic nitrogens is 2. The number of imidazole rings is 1. The zero-order valence-electron chi connectivity index (χ0n) is 11.5. The molecule has 2 unspecified atom stereocenters. The van der Waals surface area contributed by atoms with Crippen molar-refractivity contribution in [1.82, 2.24) is 20.0 Å². The Bertz CT molecular complexity index is 386. The molecule has 1 aliphatic heterocycles. The zero-order chi connectivity index (χ0) is 12.5. The Morgan fingerprint density at radius 2 is 1.94 bits per heavy atom. The Kier molecular flexibility index (Phi) is 3.39. The molecule has 1 N–H and O–H groups in total. The lowest BCUT2D eigenvalue weighted by molar-refractivity contribution is 0.0427. The van der Waals surface area contributed by atoms with Gasteiger partial charge in [0, 0.05) is 24.3 Å². The smallest absolute Gasteiger partial charge is 0.0951 e. The molecule has 1 aromatic heterocycles. The molecular formula is C14H24N4. The van der Waals surface area contributed by atoms with Crippen molar-refractivity contribution in [3.63, 3.8) is 0 Å². The molecule has 2 aliphatic rings. The number of rotatable bonds is 4. The summed E-state index contributed by atoms with van der Waals surface area (Å²) in [6.45, 7) is 5.55. The monoisotopic (exact) mass is 248 g/mol. The first-order valence-electron chi connectivity index (χ1n) is 7.28. The van der Waals surface area contributed by atoms with Crippen LogP contribution in [0.15, 0.2) is 12.5 Å². The second-order valence-electron chi connectivity index (χ2n) is 5.89. The lowest BCUT2D eigenvalue weighted by Crippen LogP contribution is -2.51. The largest absolute Gasteiger partial charge is 0.330 e. The number of nitrogens with zero attached hydrogens (tertiary/aromatic N) is 3. The van der Waals surface area contributed by atoms with Crippen LogP contribution in [0.25, 0.3) is 0 Å². The Hall–Kier alpha value is -0.870. The highest BCUT2D eigenvalue weighted by atomic mass is 15.5. The van der Waals surface area contributed by atoms with Gasteiger partial charge in [-0.3, -0.25) is 0 Å². The molecule has 18 heavy (non-hydrogen) atoms. The van der Waals surface area contributed by atoms with E-state index < -0.39 is 0 Å². The second-order valence-corrected chi connectivity index (χ2v) is 5.89. The highest BCUT2D eigenvalue weighted by molar-refractivity contribution is 5.03. The average molecular weight is 248 g/mol. The summed E-state index contributed by atoms with van der Waals surface area (Å²) in [6.07, 6.45) is 10.6. The lowest BCUT2D eigenvalue weighted by atomic mass is 10.00. The predicted octanol–water partition coefficient (Wildman–Crippen LogP) is 2.49. The summed E-state index contributed by atoms with van der Waals surface area (Å²) in [5.74, 6) is 0. The van der Waals surface area contributed by atoms with E-state index in [4.69, 9.17) is 0 Å². The Labute approximate surface area is 109 Å². The maximum absolute atomic E-state index is 4.29. The van der Waals surface area contributed by atoms with Gasteiger partial charge in [-0.25, -0.2) is 15.4 Å². The molecule has 0 spiro atoms. The van der Waals surface area contributed by atoms with Crippen LogP contribution in [0.4, 0.5) is 0 Å². The predicted molar refractivity (Wildman–Crippen MR) is 72.0 cm³/mol. The van der Waals surface area contributed by atoms with Crippen molar-refractivity contribution >= 4 is 0 Å². The molecule has 2 heterocycles. The van der Waals surface area contributed by atoms with E-state index >= 15 is 0 Å². The van der Waals surface area contributed by atoms with Crippen molar-refractivity contribution in [2.24, 2.45) is 0 Å². The molecule has 0 aromatic carbocycles.